The third-order valence-electron chi connectivity index (χ3n) is 7.58. The van der Waals surface area contributed by atoms with E-state index in [1.54, 1.807) is 0 Å². The summed E-state index contributed by atoms with van der Waals surface area (Å²) in [5.74, 6) is 0.435. The van der Waals surface area contributed by atoms with Crippen LogP contribution < -0.4 is 4.74 Å². The molecule has 0 radical (unpaired) electrons. The second-order valence-corrected chi connectivity index (χ2v) is 10.5. The fourth-order valence-corrected chi connectivity index (χ4v) is 5.60. The Morgan fingerprint density at radius 1 is 1.07 bits per heavy atom. The van der Waals surface area contributed by atoms with E-state index in [0.29, 0.717) is 36.2 Å². The minimum absolute atomic E-state index is 0.178. The lowest BCUT2D eigenvalue weighted by Crippen LogP contribution is -2.43. The number of benzene rings is 3. The molecule has 208 valence electrons. The summed E-state index contributed by atoms with van der Waals surface area (Å²) in [5, 5.41) is 23.4. The van der Waals surface area contributed by atoms with E-state index in [4.69, 9.17) is 20.9 Å². The van der Waals surface area contributed by atoms with Gasteiger partial charge in [0.1, 0.15) is 25.0 Å². The molecule has 0 unspecified atom stereocenters. The van der Waals surface area contributed by atoms with Crippen LogP contribution in [0.5, 0.6) is 5.75 Å². The number of aliphatic hydroxyl groups is 1. The molecule has 1 saturated heterocycles. The summed E-state index contributed by atoms with van der Waals surface area (Å²) >= 11 is 6.59. The molecule has 0 saturated carbocycles. The van der Waals surface area contributed by atoms with E-state index in [9.17, 15) is 15.0 Å². The molecule has 8 nitrogen and oxygen atoms in total. The second-order valence-electron chi connectivity index (χ2n) is 10.1. The van der Waals surface area contributed by atoms with Crippen LogP contribution in [0.1, 0.15) is 47.4 Å². The molecular weight excluding hydrogens is 530 g/mol. The predicted octanol–water partition coefficient (Wildman–Crippen LogP) is 6.18. The standard InChI is InChI=1S/C31H32ClN3O5/c1-19-22(7-5-8-23(19)24-9-6-10-25(20(24)2)30-33-29(17-36)40-34-30)18-39-28-13-12-21(15-26(28)32)16-35-14-4-3-11-27(35)31(37)38/h5-10,12-13,15,27,36H,3-4,11,14,16-18H2,1-2H3,(H,37,38)/t27-/m0/s1. The molecule has 40 heavy (non-hydrogen) atoms. The van der Waals surface area contributed by atoms with Gasteiger partial charge in [-0.2, -0.15) is 4.98 Å². The summed E-state index contributed by atoms with van der Waals surface area (Å²) in [6, 6.07) is 17.3. The number of carboxylic acid groups (broad SMARTS) is 1. The van der Waals surface area contributed by atoms with Crippen molar-refractivity contribution in [3.63, 3.8) is 0 Å². The monoisotopic (exact) mass is 561 g/mol. The minimum atomic E-state index is -0.768. The Morgan fingerprint density at radius 3 is 2.55 bits per heavy atom. The number of halogens is 1. The summed E-state index contributed by atoms with van der Waals surface area (Å²) < 4.78 is 11.2. The molecule has 9 heteroatoms. The van der Waals surface area contributed by atoms with Gasteiger partial charge in [-0.05, 0) is 78.7 Å². The molecule has 1 aliphatic heterocycles. The van der Waals surface area contributed by atoms with Gasteiger partial charge >= 0.3 is 5.97 Å². The highest BCUT2D eigenvalue weighted by Gasteiger charge is 2.28. The smallest absolute Gasteiger partial charge is 0.320 e. The molecule has 2 N–H and O–H groups in total. The molecule has 3 aromatic carbocycles. The SMILES string of the molecule is Cc1c(COc2ccc(CN3CCCC[C@H]3C(=O)O)cc2Cl)cccc1-c1cccc(-c2noc(CO)n2)c1C. The van der Waals surface area contributed by atoms with Crippen molar-refractivity contribution >= 4 is 17.6 Å². The third-order valence-corrected chi connectivity index (χ3v) is 7.87. The normalized spacial score (nSPS) is 15.8. The van der Waals surface area contributed by atoms with Gasteiger partial charge in [0, 0.05) is 12.1 Å². The quantitative estimate of drug-likeness (QED) is 0.249. The highest BCUT2D eigenvalue weighted by atomic mass is 35.5. The lowest BCUT2D eigenvalue weighted by molar-refractivity contribution is -0.144. The molecule has 0 amide bonds. The second kappa shape index (κ2) is 12.2. The highest BCUT2D eigenvalue weighted by molar-refractivity contribution is 6.32. The fourth-order valence-electron chi connectivity index (χ4n) is 5.34. The van der Waals surface area contributed by atoms with E-state index in [1.807, 2.05) is 54.3 Å². The molecule has 4 aromatic rings. The first-order valence-electron chi connectivity index (χ1n) is 13.4. The van der Waals surface area contributed by atoms with E-state index in [0.717, 1.165) is 58.3 Å². The molecule has 1 aliphatic rings. The lowest BCUT2D eigenvalue weighted by atomic mass is 9.91. The number of carboxylic acids is 1. The van der Waals surface area contributed by atoms with Gasteiger partial charge in [0.2, 0.25) is 5.82 Å². The Morgan fingerprint density at radius 2 is 1.82 bits per heavy atom. The van der Waals surface area contributed by atoms with E-state index in [-0.39, 0.29) is 12.5 Å². The van der Waals surface area contributed by atoms with Crippen molar-refractivity contribution in [2.45, 2.75) is 58.9 Å². The summed E-state index contributed by atoms with van der Waals surface area (Å²) in [6.45, 7) is 5.44. The van der Waals surface area contributed by atoms with Gasteiger partial charge in [-0.1, -0.05) is 65.6 Å². The van der Waals surface area contributed by atoms with Crippen molar-refractivity contribution < 1.29 is 24.3 Å². The van der Waals surface area contributed by atoms with Gasteiger partial charge in [0.05, 0.1) is 5.02 Å². The molecular formula is C31H32ClN3O5. The molecule has 2 heterocycles. The van der Waals surface area contributed by atoms with Crippen molar-refractivity contribution in [2.24, 2.45) is 0 Å². The van der Waals surface area contributed by atoms with Crippen LogP contribution in [0.15, 0.2) is 59.1 Å². The Balaban J connectivity index is 1.32. The van der Waals surface area contributed by atoms with Crippen molar-refractivity contribution in [1.29, 1.82) is 0 Å². The number of aliphatic carboxylic acids is 1. The molecule has 0 spiro atoms. The van der Waals surface area contributed by atoms with Gasteiger partial charge in [-0.3, -0.25) is 9.69 Å². The van der Waals surface area contributed by atoms with Crippen LogP contribution in [0.2, 0.25) is 5.02 Å². The minimum Gasteiger partial charge on any atom is -0.487 e. The average molecular weight is 562 g/mol. The van der Waals surface area contributed by atoms with Gasteiger partial charge in [0.25, 0.3) is 5.89 Å². The van der Waals surface area contributed by atoms with Crippen molar-refractivity contribution in [1.82, 2.24) is 15.0 Å². The van der Waals surface area contributed by atoms with Crippen LogP contribution in [-0.2, 0) is 24.6 Å². The first-order chi connectivity index (χ1) is 19.4. The van der Waals surface area contributed by atoms with Gasteiger partial charge in [-0.25, -0.2) is 0 Å². The zero-order chi connectivity index (χ0) is 28.2. The van der Waals surface area contributed by atoms with E-state index < -0.39 is 12.0 Å². The van der Waals surface area contributed by atoms with Crippen molar-refractivity contribution in [3.05, 3.63) is 87.8 Å². The first kappa shape index (κ1) is 27.8. The maximum atomic E-state index is 11.6. The average Bonchev–Trinajstić information content (AvgIpc) is 3.43. The van der Waals surface area contributed by atoms with Crippen LogP contribution in [-0.4, -0.2) is 43.8 Å². The summed E-state index contributed by atoms with van der Waals surface area (Å²) in [5.41, 5.74) is 7.05. The Bertz CT molecular complexity index is 1520. The zero-order valence-electron chi connectivity index (χ0n) is 22.6. The molecule has 1 fully saturated rings. The van der Waals surface area contributed by atoms with Gasteiger partial charge < -0.3 is 19.5 Å². The molecule has 0 bridgehead atoms. The number of likely N-dealkylation sites (tertiary alicyclic amines) is 1. The van der Waals surface area contributed by atoms with E-state index in [1.165, 1.54) is 0 Å². The Kier molecular flexibility index (Phi) is 8.49. The van der Waals surface area contributed by atoms with Crippen molar-refractivity contribution in [2.75, 3.05) is 6.54 Å². The summed E-state index contributed by atoms with van der Waals surface area (Å²) in [6.07, 6.45) is 2.62. The van der Waals surface area contributed by atoms with E-state index >= 15 is 0 Å². The number of aliphatic hydroxyl groups excluding tert-OH is 1. The fraction of sp³-hybridized carbons (Fsp3) is 0.323. The van der Waals surface area contributed by atoms with E-state index in [2.05, 4.69) is 29.2 Å². The number of ether oxygens (including phenoxy) is 1. The molecule has 1 atom stereocenters. The number of nitrogens with zero attached hydrogens (tertiary/aromatic N) is 3. The highest BCUT2D eigenvalue weighted by Crippen LogP contribution is 2.34. The van der Waals surface area contributed by atoms with Crippen LogP contribution in [0.3, 0.4) is 0 Å². The van der Waals surface area contributed by atoms with Crippen LogP contribution in [0.4, 0.5) is 0 Å². The maximum Gasteiger partial charge on any atom is 0.320 e. The number of rotatable bonds is 9. The number of hydrogen-bond donors (Lipinski definition) is 2. The number of piperidine rings is 1. The topological polar surface area (TPSA) is 109 Å². The van der Waals surface area contributed by atoms with Crippen LogP contribution in [0, 0.1) is 13.8 Å². The van der Waals surface area contributed by atoms with Crippen LogP contribution >= 0.6 is 11.6 Å². The Hall–Kier alpha value is -3.72. The molecule has 1 aromatic heterocycles. The lowest BCUT2D eigenvalue weighted by Gasteiger charge is -2.32. The largest absolute Gasteiger partial charge is 0.487 e. The molecule has 5 rings (SSSR count). The predicted molar refractivity (Wildman–Crippen MR) is 152 cm³/mol. The number of hydrogen-bond acceptors (Lipinski definition) is 7. The number of carbonyl (C=O) groups is 1. The summed E-state index contributed by atoms with van der Waals surface area (Å²) in [4.78, 5) is 17.9. The van der Waals surface area contributed by atoms with Crippen LogP contribution in [0.25, 0.3) is 22.5 Å². The van der Waals surface area contributed by atoms with Gasteiger partial charge in [-0.15, -0.1) is 0 Å². The molecule has 0 aliphatic carbocycles. The third kappa shape index (κ3) is 5.89. The van der Waals surface area contributed by atoms with Gasteiger partial charge in [0.15, 0.2) is 0 Å². The Labute approximate surface area is 238 Å². The number of aromatic nitrogens is 2. The maximum absolute atomic E-state index is 11.6. The zero-order valence-corrected chi connectivity index (χ0v) is 23.3. The summed E-state index contributed by atoms with van der Waals surface area (Å²) in [7, 11) is 0. The first-order valence-corrected chi connectivity index (χ1v) is 13.7. The van der Waals surface area contributed by atoms with Crippen molar-refractivity contribution in [3.8, 4) is 28.3 Å².